The maximum absolute atomic E-state index is 13.6. The van der Waals surface area contributed by atoms with Crippen LogP contribution in [0.15, 0.2) is 42.7 Å². The first-order valence-electron chi connectivity index (χ1n) is 9.05. The van der Waals surface area contributed by atoms with Crippen molar-refractivity contribution in [1.29, 1.82) is 0 Å². The van der Waals surface area contributed by atoms with E-state index < -0.39 is 5.82 Å². The molecular formula is C21H24ClFN2. The summed E-state index contributed by atoms with van der Waals surface area (Å²) >= 11 is 5.72. The van der Waals surface area contributed by atoms with Crippen molar-refractivity contribution in [3.63, 3.8) is 0 Å². The predicted octanol–water partition coefficient (Wildman–Crippen LogP) is 6.25. The standard InChI is InChI=1S/C21H24ClFN2/c1-2-3-15-4-6-16(7-5-15)8-9-17-13-24-21(25-14-17)18-10-11-19(22)20(23)12-18/h2-3,10-16H,4-9H2,1H3/b3-2+/t15-,16-. The Balaban J connectivity index is 1.54. The minimum atomic E-state index is -0.444. The van der Waals surface area contributed by atoms with Crippen LogP contribution < -0.4 is 0 Å². The van der Waals surface area contributed by atoms with Gasteiger partial charge in [0.25, 0.3) is 0 Å². The largest absolute Gasteiger partial charge is 0.236 e. The summed E-state index contributed by atoms with van der Waals surface area (Å²) in [5.74, 6) is 1.68. The van der Waals surface area contributed by atoms with Gasteiger partial charge in [0.05, 0.1) is 5.02 Å². The Morgan fingerprint density at radius 2 is 1.88 bits per heavy atom. The van der Waals surface area contributed by atoms with E-state index in [1.807, 2.05) is 12.4 Å². The number of hydrogen-bond donors (Lipinski definition) is 0. The molecule has 0 unspecified atom stereocenters. The summed E-state index contributed by atoms with van der Waals surface area (Å²) in [5, 5.41) is 0.115. The average molecular weight is 359 g/mol. The number of halogens is 2. The van der Waals surface area contributed by atoms with Crippen LogP contribution in [0.3, 0.4) is 0 Å². The molecule has 0 bridgehead atoms. The summed E-state index contributed by atoms with van der Waals surface area (Å²) in [6.45, 7) is 2.11. The van der Waals surface area contributed by atoms with Crippen molar-refractivity contribution in [2.75, 3.05) is 0 Å². The topological polar surface area (TPSA) is 25.8 Å². The fourth-order valence-corrected chi connectivity index (χ4v) is 3.70. The highest BCUT2D eigenvalue weighted by atomic mass is 35.5. The van der Waals surface area contributed by atoms with Crippen molar-refractivity contribution >= 4 is 11.6 Å². The van der Waals surface area contributed by atoms with E-state index in [2.05, 4.69) is 29.0 Å². The van der Waals surface area contributed by atoms with Crippen LogP contribution in [0, 0.1) is 17.7 Å². The second-order valence-electron chi connectivity index (χ2n) is 6.89. The van der Waals surface area contributed by atoms with Crippen LogP contribution in [-0.4, -0.2) is 9.97 Å². The van der Waals surface area contributed by atoms with Gasteiger partial charge in [-0.15, -0.1) is 0 Å². The number of allylic oxidation sites excluding steroid dienone is 2. The SMILES string of the molecule is C/C=C/[C@H]1CC[C@H](CCc2cnc(-c3ccc(Cl)c(F)c3)nc2)CC1. The van der Waals surface area contributed by atoms with Gasteiger partial charge in [-0.2, -0.15) is 0 Å². The number of nitrogens with zero attached hydrogens (tertiary/aromatic N) is 2. The minimum Gasteiger partial charge on any atom is -0.236 e. The van der Waals surface area contributed by atoms with Gasteiger partial charge in [-0.1, -0.05) is 23.8 Å². The molecular weight excluding hydrogens is 335 g/mol. The molecule has 2 aromatic rings. The molecule has 1 fully saturated rings. The third-order valence-electron chi connectivity index (χ3n) is 5.08. The molecule has 1 saturated carbocycles. The third-order valence-corrected chi connectivity index (χ3v) is 5.39. The molecule has 2 nitrogen and oxygen atoms in total. The number of aryl methyl sites for hydroxylation is 1. The lowest BCUT2D eigenvalue weighted by molar-refractivity contribution is 0.296. The van der Waals surface area contributed by atoms with Gasteiger partial charge < -0.3 is 0 Å². The lowest BCUT2D eigenvalue weighted by Crippen LogP contribution is -2.13. The zero-order valence-corrected chi connectivity index (χ0v) is 15.3. The molecule has 132 valence electrons. The molecule has 0 atom stereocenters. The van der Waals surface area contributed by atoms with E-state index in [0.717, 1.165) is 23.8 Å². The Morgan fingerprint density at radius 1 is 1.16 bits per heavy atom. The molecule has 4 heteroatoms. The Labute approximate surface area is 154 Å². The van der Waals surface area contributed by atoms with Crippen LogP contribution in [-0.2, 0) is 6.42 Å². The van der Waals surface area contributed by atoms with Gasteiger partial charge in [-0.05, 0) is 81.0 Å². The zero-order valence-electron chi connectivity index (χ0n) is 14.6. The molecule has 1 aromatic carbocycles. The van der Waals surface area contributed by atoms with Crippen molar-refractivity contribution in [2.45, 2.75) is 45.4 Å². The predicted molar refractivity (Wildman–Crippen MR) is 101 cm³/mol. The summed E-state index contributed by atoms with van der Waals surface area (Å²) in [6, 6.07) is 4.65. The van der Waals surface area contributed by atoms with Gasteiger partial charge >= 0.3 is 0 Å². The van der Waals surface area contributed by atoms with Crippen LogP contribution >= 0.6 is 11.6 Å². The van der Waals surface area contributed by atoms with E-state index in [-0.39, 0.29) is 5.02 Å². The molecule has 25 heavy (non-hydrogen) atoms. The molecule has 0 saturated heterocycles. The maximum atomic E-state index is 13.6. The number of aromatic nitrogens is 2. The van der Waals surface area contributed by atoms with Crippen molar-refractivity contribution in [2.24, 2.45) is 11.8 Å². The molecule has 0 spiro atoms. The second kappa shape index (κ2) is 8.57. The Bertz CT molecular complexity index is 719. The van der Waals surface area contributed by atoms with Crippen molar-refractivity contribution in [3.05, 3.63) is 59.1 Å². The first-order chi connectivity index (χ1) is 12.2. The van der Waals surface area contributed by atoms with Crippen LogP contribution in [0.2, 0.25) is 5.02 Å². The van der Waals surface area contributed by atoms with Crippen LogP contribution in [0.1, 0.15) is 44.6 Å². The molecule has 0 radical (unpaired) electrons. The van der Waals surface area contributed by atoms with E-state index in [0.29, 0.717) is 11.4 Å². The third kappa shape index (κ3) is 4.88. The van der Waals surface area contributed by atoms with Gasteiger partial charge in [0.15, 0.2) is 5.82 Å². The van der Waals surface area contributed by atoms with Crippen LogP contribution in [0.4, 0.5) is 4.39 Å². The summed E-state index contributed by atoms with van der Waals surface area (Å²) in [5.41, 5.74) is 1.80. The summed E-state index contributed by atoms with van der Waals surface area (Å²) < 4.78 is 13.6. The van der Waals surface area contributed by atoms with Gasteiger partial charge in [-0.25, -0.2) is 14.4 Å². The Hall–Kier alpha value is -1.74. The fraction of sp³-hybridized carbons (Fsp3) is 0.429. The fourth-order valence-electron chi connectivity index (χ4n) is 3.58. The lowest BCUT2D eigenvalue weighted by Gasteiger charge is -2.26. The highest BCUT2D eigenvalue weighted by Crippen LogP contribution is 2.32. The smallest absolute Gasteiger partial charge is 0.159 e. The lowest BCUT2D eigenvalue weighted by atomic mass is 9.79. The first kappa shape index (κ1) is 18.1. The molecule has 0 N–H and O–H groups in total. The van der Waals surface area contributed by atoms with Crippen molar-refractivity contribution in [3.8, 4) is 11.4 Å². The number of hydrogen-bond acceptors (Lipinski definition) is 2. The number of rotatable bonds is 5. The molecule has 0 amide bonds. The van der Waals surface area contributed by atoms with E-state index in [1.54, 1.807) is 6.07 Å². The molecule has 1 aromatic heterocycles. The Morgan fingerprint density at radius 3 is 2.52 bits per heavy atom. The van der Waals surface area contributed by atoms with E-state index in [4.69, 9.17) is 11.6 Å². The van der Waals surface area contributed by atoms with E-state index >= 15 is 0 Å². The second-order valence-corrected chi connectivity index (χ2v) is 7.30. The normalized spacial score (nSPS) is 20.9. The van der Waals surface area contributed by atoms with E-state index in [9.17, 15) is 4.39 Å². The zero-order chi connectivity index (χ0) is 17.6. The molecule has 1 aliphatic carbocycles. The summed E-state index contributed by atoms with van der Waals surface area (Å²) in [6.07, 6.45) is 15.7. The van der Waals surface area contributed by atoms with Gasteiger partial charge in [0.2, 0.25) is 0 Å². The van der Waals surface area contributed by atoms with Crippen molar-refractivity contribution in [1.82, 2.24) is 9.97 Å². The molecule has 1 heterocycles. The maximum Gasteiger partial charge on any atom is 0.159 e. The monoisotopic (exact) mass is 358 g/mol. The van der Waals surface area contributed by atoms with Gasteiger partial charge in [-0.3, -0.25) is 0 Å². The quantitative estimate of drug-likeness (QED) is 0.590. The van der Waals surface area contributed by atoms with Gasteiger partial charge in [0.1, 0.15) is 5.82 Å². The molecule has 0 aliphatic heterocycles. The molecule has 1 aliphatic rings. The average Bonchev–Trinajstić information content (AvgIpc) is 2.64. The summed E-state index contributed by atoms with van der Waals surface area (Å²) in [7, 11) is 0. The highest BCUT2D eigenvalue weighted by Gasteiger charge is 2.19. The van der Waals surface area contributed by atoms with Crippen LogP contribution in [0.25, 0.3) is 11.4 Å². The van der Waals surface area contributed by atoms with E-state index in [1.165, 1.54) is 44.2 Å². The minimum absolute atomic E-state index is 0.115. The first-order valence-corrected chi connectivity index (χ1v) is 9.42. The van der Waals surface area contributed by atoms with Crippen molar-refractivity contribution < 1.29 is 4.39 Å². The van der Waals surface area contributed by atoms with Gasteiger partial charge in [0, 0.05) is 18.0 Å². The van der Waals surface area contributed by atoms with Crippen LogP contribution in [0.5, 0.6) is 0 Å². The summed E-state index contributed by atoms with van der Waals surface area (Å²) in [4.78, 5) is 8.78. The highest BCUT2D eigenvalue weighted by molar-refractivity contribution is 6.30. The molecule has 3 rings (SSSR count). The Kier molecular flexibility index (Phi) is 6.19. The number of benzene rings is 1.